The van der Waals surface area contributed by atoms with Crippen LogP contribution >= 0.6 is 23.5 Å². The van der Waals surface area contributed by atoms with Gasteiger partial charge in [0.05, 0.1) is 0 Å². The van der Waals surface area contributed by atoms with E-state index < -0.39 is 60.1 Å². The normalized spacial score (nSPS) is 32.5. The molecule has 1 saturated heterocycles. The van der Waals surface area contributed by atoms with Gasteiger partial charge in [0.25, 0.3) is 0 Å². The van der Waals surface area contributed by atoms with Gasteiger partial charge in [-0.2, -0.15) is 8.62 Å². The van der Waals surface area contributed by atoms with Gasteiger partial charge in [-0.25, -0.2) is 18.5 Å². The average molecular weight is 520 g/mol. The summed E-state index contributed by atoms with van der Waals surface area (Å²) in [6.07, 6.45) is 1.09. The van der Waals surface area contributed by atoms with Crippen LogP contribution < -0.4 is 5.32 Å². The van der Waals surface area contributed by atoms with E-state index in [0.29, 0.717) is 5.57 Å². The molecule has 16 nitrogen and oxygen atoms in total. The lowest BCUT2D eigenvalue weighted by atomic mass is 9.97. The van der Waals surface area contributed by atoms with Crippen molar-refractivity contribution in [2.24, 2.45) is 0 Å². The number of aliphatic hydroxyl groups excluding tert-OH is 2. The van der Waals surface area contributed by atoms with Crippen molar-refractivity contribution in [3.8, 4) is 12.3 Å². The van der Waals surface area contributed by atoms with Crippen molar-refractivity contribution < 1.29 is 66.2 Å². The Kier molecular flexibility index (Phi) is 7.63. The molecule has 2 aliphatic heterocycles. The molecule has 0 spiro atoms. The second kappa shape index (κ2) is 9.09. The van der Waals surface area contributed by atoms with Gasteiger partial charge in [0.1, 0.15) is 18.8 Å². The van der Waals surface area contributed by atoms with Crippen molar-refractivity contribution in [3.05, 3.63) is 24.0 Å². The number of carbonyl (C=O) groups excluding carboxylic acids is 1. The molecule has 6 atom stereocenters. The summed E-state index contributed by atoms with van der Waals surface area (Å²) < 4.78 is 50.9. The maximum atomic E-state index is 12.2. The molecule has 180 valence electrons. The lowest BCUT2D eigenvalue weighted by molar-refractivity contribution is -0.0978. The third-order valence-electron chi connectivity index (χ3n) is 4.10. The molecule has 19 heteroatoms. The van der Waals surface area contributed by atoms with Crippen molar-refractivity contribution in [1.82, 2.24) is 10.2 Å². The molecule has 0 aromatic carbocycles. The van der Waals surface area contributed by atoms with E-state index in [1.807, 2.05) is 5.92 Å². The minimum absolute atomic E-state index is 0.259. The molecule has 0 radical (unpaired) electrons. The zero-order chi connectivity index (χ0) is 24.7. The van der Waals surface area contributed by atoms with E-state index in [0.717, 1.165) is 4.90 Å². The van der Waals surface area contributed by atoms with Gasteiger partial charge in [0.15, 0.2) is 11.8 Å². The van der Waals surface area contributed by atoms with Gasteiger partial charge in [0, 0.05) is 11.9 Å². The Hall–Kier alpha value is -1.40. The van der Waals surface area contributed by atoms with E-state index in [2.05, 4.69) is 25.0 Å². The summed E-state index contributed by atoms with van der Waals surface area (Å²) in [7, 11) is -17.0. The van der Waals surface area contributed by atoms with Crippen LogP contribution in [0, 0.1) is 12.3 Å². The van der Waals surface area contributed by atoms with Crippen LogP contribution in [0.5, 0.6) is 0 Å². The molecular formula is C13H19N2O14P3. The summed E-state index contributed by atoms with van der Waals surface area (Å²) in [5.74, 6) is 1.91. The minimum Gasteiger partial charge on any atom is -0.386 e. The third kappa shape index (κ3) is 6.13. The van der Waals surface area contributed by atoms with E-state index in [1.165, 1.54) is 6.20 Å². The number of amides is 2. The fraction of sp³-hybridized carbons (Fsp3) is 0.462. The maximum absolute atomic E-state index is 12.2. The average Bonchev–Trinajstić information content (AvgIpc) is 2.85. The highest BCUT2D eigenvalue weighted by atomic mass is 31.3. The Morgan fingerprint density at radius 3 is 2.38 bits per heavy atom. The fourth-order valence-corrected chi connectivity index (χ4v) is 5.65. The summed E-state index contributed by atoms with van der Waals surface area (Å²) in [6.45, 7) is 3.91. The second-order valence-electron chi connectivity index (χ2n) is 6.47. The Morgan fingerprint density at radius 2 is 1.84 bits per heavy atom. The van der Waals surface area contributed by atoms with E-state index in [4.69, 9.17) is 25.8 Å². The molecule has 2 rings (SSSR count). The molecular weight excluding hydrogens is 501 g/mol. The van der Waals surface area contributed by atoms with Crippen molar-refractivity contribution in [3.63, 3.8) is 0 Å². The zero-order valence-electron chi connectivity index (χ0n) is 16.0. The van der Waals surface area contributed by atoms with Gasteiger partial charge in [-0.3, -0.25) is 9.42 Å². The number of nitrogens with one attached hydrogen (secondary N) is 1. The number of phosphoric ester groups is 1. The molecule has 32 heavy (non-hydrogen) atoms. The lowest BCUT2D eigenvalue weighted by Gasteiger charge is -2.32. The Balaban J connectivity index is 2.20. The highest BCUT2D eigenvalue weighted by Gasteiger charge is 2.57. The lowest BCUT2D eigenvalue weighted by Crippen LogP contribution is -2.50. The standard InChI is InChI=1S/C13H19N2O14P3/c1-4-13(6-26-31(22,23)29-32(24,25)28-30(19,20)21)10(17)9(16)11(27-13)15-5-7(2)8(3)14-12(15)18/h1,5,9-11,16-17H,3,6H2,2H3,(H,14,18)(H,22,23)(H,24,25)(H2,19,20,21)/t9?,10-,11-,13-/m1/s1. The van der Waals surface area contributed by atoms with E-state index in [9.17, 15) is 33.6 Å². The van der Waals surface area contributed by atoms with Gasteiger partial charge in [-0.05, 0) is 12.5 Å². The number of phosphoric acid groups is 3. The first-order chi connectivity index (χ1) is 14.4. The number of allylic oxidation sites excluding steroid dienone is 1. The van der Waals surface area contributed by atoms with E-state index in [-0.39, 0.29) is 5.70 Å². The van der Waals surface area contributed by atoms with E-state index >= 15 is 0 Å². The highest BCUT2D eigenvalue weighted by Crippen LogP contribution is 2.66. The number of aliphatic hydroxyl groups is 2. The highest BCUT2D eigenvalue weighted by molar-refractivity contribution is 7.66. The monoisotopic (exact) mass is 520 g/mol. The number of terminal acetylenes is 1. The number of urea groups is 1. The molecule has 0 bridgehead atoms. The molecule has 0 aromatic rings. The number of nitrogens with zero attached hydrogens (tertiary/aromatic N) is 1. The fourth-order valence-electron chi connectivity index (χ4n) is 2.60. The number of rotatable bonds is 8. The largest absolute Gasteiger partial charge is 0.490 e. The SMILES string of the molecule is C#C[C@]1(COP(=O)(O)OP(=O)(O)OP(=O)(O)O)O[C@@H](N2C=C(C)C(=C)NC2=O)C(O)[C@H]1O. The number of hydrogen-bond donors (Lipinski definition) is 7. The predicted molar refractivity (Wildman–Crippen MR) is 102 cm³/mol. The first-order valence-corrected chi connectivity index (χ1v) is 12.7. The second-order valence-corrected chi connectivity index (χ2v) is 10.9. The Bertz CT molecular complexity index is 1020. The van der Waals surface area contributed by atoms with Gasteiger partial charge in [-0.15, -0.1) is 6.42 Å². The van der Waals surface area contributed by atoms with Crippen LogP contribution in [-0.4, -0.2) is 71.4 Å². The number of carbonyl (C=O) groups is 1. The predicted octanol–water partition coefficient (Wildman–Crippen LogP) is -0.778. The van der Waals surface area contributed by atoms with Gasteiger partial charge < -0.3 is 39.8 Å². The molecule has 1 fully saturated rings. The van der Waals surface area contributed by atoms with Crippen LogP contribution in [0.3, 0.4) is 0 Å². The molecule has 7 N–H and O–H groups in total. The summed E-state index contributed by atoms with van der Waals surface area (Å²) >= 11 is 0. The minimum atomic E-state index is -5.79. The van der Waals surface area contributed by atoms with Crippen LogP contribution in [0.25, 0.3) is 0 Å². The first-order valence-electron chi connectivity index (χ1n) is 8.19. The van der Waals surface area contributed by atoms with Crippen molar-refractivity contribution in [2.45, 2.75) is 31.0 Å². The molecule has 0 saturated carbocycles. The smallest absolute Gasteiger partial charge is 0.386 e. The van der Waals surface area contributed by atoms with Gasteiger partial charge >= 0.3 is 29.5 Å². The van der Waals surface area contributed by atoms with Crippen LogP contribution in [0.15, 0.2) is 24.0 Å². The third-order valence-corrected chi connectivity index (χ3v) is 7.88. The maximum Gasteiger partial charge on any atom is 0.490 e. The van der Waals surface area contributed by atoms with Crippen LogP contribution in [-0.2, 0) is 31.6 Å². The van der Waals surface area contributed by atoms with Crippen LogP contribution in [0.1, 0.15) is 6.92 Å². The van der Waals surface area contributed by atoms with Crippen molar-refractivity contribution in [2.75, 3.05) is 6.61 Å². The zero-order valence-corrected chi connectivity index (χ0v) is 18.7. The van der Waals surface area contributed by atoms with Crippen molar-refractivity contribution in [1.29, 1.82) is 0 Å². The van der Waals surface area contributed by atoms with Gasteiger partial charge in [-0.1, -0.05) is 12.5 Å². The summed E-state index contributed by atoms with van der Waals surface area (Å²) in [4.78, 5) is 48.8. The molecule has 2 amide bonds. The van der Waals surface area contributed by atoms with E-state index in [1.54, 1.807) is 6.92 Å². The van der Waals surface area contributed by atoms with Crippen LogP contribution in [0.2, 0.25) is 0 Å². The van der Waals surface area contributed by atoms with Gasteiger partial charge in [0.2, 0.25) is 0 Å². The molecule has 3 unspecified atom stereocenters. The topological polar surface area (TPSA) is 242 Å². The Morgan fingerprint density at radius 1 is 1.25 bits per heavy atom. The van der Waals surface area contributed by atoms with Crippen LogP contribution in [0.4, 0.5) is 4.79 Å². The Labute approximate surface area is 180 Å². The first kappa shape index (κ1) is 26.8. The van der Waals surface area contributed by atoms with Crippen molar-refractivity contribution >= 4 is 29.5 Å². The molecule has 0 aliphatic carbocycles. The summed E-state index contributed by atoms with van der Waals surface area (Å²) in [5, 5.41) is 23.1. The summed E-state index contributed by atoms with van der Waals surface area (Å²) in [6, 6.07) is -0.808. The number of ether oxygens (including phenoxy) is 1. The molecule has 2 heterocycles. The number of hydrogen-bond acceptors (Lipinski definition) is 10. The molecule has 0 aromatic heterocycles. The summed E-state index contributed by atoms with van der Waals surface area (Å²) in [5.41, 5.74) is -1.65. The quantitative estimate of drug-likeness (QED) is 0.153. The molecule has 2 aliphatic rings.